The van der Waals surface area contributed by atoms with Gasteiger partial charge in [-0.25, -0.2) is 4.79 Å². The molecule has 158 valence electrons. The summed E-state index contributed by atoms with van der Waals surface area (Å²) in [5, 5.41) is 0. The molecule has 1 rings (SSSR count). The van der Waals surface area contributed by atoms with E-state index >= 15 is 0 Å². The number of rotatable bonds is 10. The molecule has 0 bridgehead atoms. The Kier molecular flexibility index (Phi) is 9.46. The lowest BCUT2D eigenvalue weighted by atomic mass is 9.83. The second kappa shape index (κ2) is 11.1. The summed E-state index contributed by atoms with van der Waals surface area (Å²) in [4.78, 5) is 26.0. The highest BCUT2D eigenvalue weighted by Crippen LogP contribution is 2.26. The van der Waals surface area contributed by atoms with Gasteiger partial charge < -0.3 is 19.1 Å². The van der Waals surface area contributed by atoms with Crippen molar-refractivity contribution in [3.05, 3.63) is 35.9 Å². The third-order valence-electron chi connectivity index (χ3n) is 4.26. The molecule has 0 aliphatic heterocycles. The van der Waals surface area contributed by atoms with Crippen LogP contribution in [0.25, 0.3) is 0 Å². The van der Waals surface area contributed by atoms with Gasteiger partial charge in [-0.05, 0) is 53.0 Å². The molecule has 1 amide bonds. The van der Waals surface area contributed by atoms with Crippen LogP contribution in [0.3, 0.4) is 0 Å². The van der Waals surface area contributed by atoms with Crippen molar-refractivity contribution in [1.29, 1.82) is 0 Å². The first kappa shape index (κ1) is 24.0. The van der Waals surface area contributed by atoms with Crippen LogP contribution in [0.5, 0.6) is 0 Å². The van der Waals surface area contributed by atoms with E-state index in [1.165, 1.54) is 0 Å². The molecule has 1 unspecified atom stereocenters. The molecule has 0 fully saturated rings. The molecule has 1 aromatic rings. The predicted octanol–water partition coefficient (Wildman–Crippen LogP) is 4.17. The molecular weight excluding hydrogens is 358 g/mol. The minimum absolute atomic E-state index is 0.248. The molecule has 0 aliphatic rings. The fourth-order valence-electron chi connectivity index (χ4n) is 2.62. The molecule has 6 nitrogen and oxygen atoms in total. The van der Waals surface area contributed by atoms with Crippen LogP contribution in [0, 0.1) is 0 Å². The number of esters is 1. The fourth-order valence-corrected chi connectivity index (χ4v) is 2.62. The maximum Gasteiger partial charge on any atom is 0.410 e. The van der Waals surface area contributed by atoms with Gasteiger partial charge in [0.1, 0.15) is 11.0 Å². The van der Waals surface area contributed by atoms with Crippen molar-refractivity contribution >= 4 is 12.1 Å². The van der Waals surface area contributed by atoms with E-state index in [-0.39, 0.29) is 18.7 Å². The van der Waals surface area contributed by atoms with E-state index in [4.69, 9.17) is 14.2 Å². The van der Waals surface area contributed by atoms with Crippen molar-refractivity contribution in [3.63, 3.8) is 0 Å². The molecule has 0 aromatic heterocycles. The summed E-state index contributed by atoms with van der Waals surface area (Å²) >= 11 is 0. The lowest BCUT2D eigenvalue weighted by Gasteiger charge is -2.27. The first-order valence-corrected chi connectivity index (χ1v) is 9.85. The van der Waals surface area contributed by atoms with E-state index in [2.05, 4.69) is 0 Å². The lowest BCUT2D eigenvalue weighted by molar-refractivity contribution is -0.152. The van der Waals surface area contributed by atoms with Crippen molar-refractivity contribution in [1.82, 2.24) is 4.90 Å². The third-order valence-corrected chi connectivity index (χ3v) is 4.26. The summed E-state index contributed by atoms with van der Waals surface area (Å²) in [6.07, 6.45) is 1.24. The number of hydrogen-bond donors (Lipinski definition) is 0. The normalized spacial score (nSPS) is 13.5. The Morgan fingerprint density at radius 3 is 2.25 bits per heavy atom. The number of carbonyl (C=O) groups excluding carboxylic acids is 2. The highest BCUT2D eigenvalue weighted by Gasteiger charge is 2.37. The summed E-state index contributed by atoms with van der Waals surface area (Å²) in [5.41, 5.74) is -0.466. The zero-order valence-corrected chi connectivity index (χ0v) is 18.1. The lowest BCUT2D eigenvalue weighted by Crippen LogP contribution is -2.39. The minimum atomic E-state index is -0.843. The molecule has 0 saturated heterocycles. The Labute approximate surface area is 169 Å². The van der Waals surface area contributed by atoms with Crippen molar-refractivity contribution in [2.45, 2.75) is 58.5 Å². The Morgan fingerprint density at radius 2 is 1.68 bits per heavy atom. The molecule has 0 heterocycles. The van der Waals surface area contributed by atoms with Gasteiger partial charge in [0.15, 0.2) is 0 Å². The Morgan fingerprint density at radius 1 is 1.04 bits per heavy atom. The second-order valence-electron chi connectivity index (χ2n) is 8.08. The first-order valence-electron chi connectivity index (χ1n) is 9.85. The van der Waals surface area contributed by atoms with Crippen LogP contribution < -0.4 is 0 Å². The molecule has 0 saturated carbocycles. The monoisotopic (exact) mass is 393 g/mol. The highest BCUT2D eigenvalue weighted by atomic mass is 16.6. The second-order valence-corrected chi connectivity index (χ2v) is 8.08. The molecule has 0 radical (unpaired) electrons. The fraction of sp³-hybridized carbons (Fsp3) is 0.636. The van der Waals surface area contributed by atoms with Gasteiger partial charge in [0.05, 0.1) is 13.2 Å². The summed E-state index contributed by atoms with van der Waals surface area (Å²) in [5.74, 6) is -0.286. The van der Waals surface area contributed by atoms with Gasteiger partial charge in [-0.3, -0.25) is 4.79 Å². The topological polar surface area (TPSA) is 65.1 Å². The van der Waals surface area contributed by atoms with Crippen LogP contribution in [0.15, 0.2) is 30.3 Å². The van der Waals surface area contributed by atoms with Gasteiger partial charge in [-0.1, -0.05) is 30.3 Å². The summed E-state index contributed by atoms with van der Waals surface area (Å²) in [7, 11) is 1.72. The van der Waals surface area contributed by atoms with E-state index in [1.54, 1.807) is 18.9 Å². The van der Waals surface area contributed by atoms with Crippen molar-refractivity contribution in [3.8, 4) is 0 Å². The van der Waals surface area contributed by atoms with E-state index < -0.39 is 11.0 Å². The number of ether oxygens (including phenoxy) is 3. The van der Waals surface area contributed by atoms with Gasteiger partial charge in [-0.2, -0.15) is 0 Å². The Balaban J connectivity index is 2.45. The van der Waals surface area contributed by atoms with Crippen LogP contribution in [0.2, 0.25) is 0 Å². The standard InChI is InChI=1S/C22H35NO5/c1-7-27-19(24)22(5,18-13-9-8-10-14-18)17-26-16-12-11-15-23(6)20(25)28-21(2,3)4/h8-10,13-14H,7,11-12,15-17H2,1-6H3. The van der Waals surface area contributed by atoms with E-state index in [0.717, 1.165) is 18.4 Å². The molecule has 0 N–H and O–H groups in total. The van der Waals surface area contributed by atoms with Gasteiger partial charge in [0.2, 0.25) is 0 Å². The van der Waals surface area contributed by atoms with Crippen LogP contribution in [0.4, 0.5) is 4.79 Å². The minimum Gasteiger partial charge on any atom is -0.465 e. The van der Waals surface area contributed by atoms with Gasteiger partial charge in [0.25, 0.3) is 0 Å². The number of nitrogens with zero attached hydrogens (tertiary/aromatic N) is 1. The highest BCUT2D eigenvalue weighted by molar-refractivity contribution is 5.83. The summed E-state index contributed by atoms with van der Waals surface area (Å²) in [6, 6.07) is 9.54. The molecule has 1 atom stereocenters. The van der Waals surface area contributed by atoms with Gasteiger partial charge in [0, 0.05) is 20.2 Å². The number of carbonyl (C=O) groups is 2. The largest absolute Gasteiger partial charge is 0.465 e. The Bertz CT molecular complexity index is 611. The van der Waals surface area contributed by atoms with Crippen molar-refractivity contribution in [2.24, 2.45) is 0 Å². The molecule has 28 heavy (non-hydrogen) atoms. The molecule has 0 aliphatic carbocycles. The average Bonchev–Trinajstić information content (AvgIpc) is 2.63. The molecule has 6 heteroatoms. The van der Waals surface area contributed by atoms with Gasteiger partial charge in [-0.15, -0.1) is 0 Å². The maximum atomic E-state index is 12.5. The third kappa shape index (κ3) is 7.89. The predicted molar refractivity (Wildman–Crippen MR) is 109 cm³/mol. The number of benzene rings is 1. The maximum absolute atomic E-state index is 12.5. The molecule has 0 spiro atoms. The van der Waals surface area contributed by atoms with E-state index in [0.29, 0.717) is 19.8 Å². The first-order chi connectivity index (χ1) is 13.1. The number of unbranched alkanes of at least 4 members (excludes halogenated alkanes) is 1. The quantitative estimate of drug-likeness (QED) is 0.441. The van der Waals surface area contributed by atoms with Crippen LogP contribution in [0.1, 0.15) is 53.0 Å². The van der Waals surface area contributed by atoms with Crippen molar-refractivity contribution < 1.29 is 23.8 Å². The molecule has 1 aromatic carbocycles. The number of amides is 1. The number of hydrogen-bond acceptors (Lipinski definition) is 5. The van der Waals surface area contributed by atoms with E-state index in [9.17, 15) is 9.59 Å². The zero-order chi connectivity index (χ0) is 21.2. The smallest absolute Gasteiger partial charge is 0.410 e. The summed E-state index contributed by atoms with van der Waals surface area (Å²) in [6.45, 7) is 10.9. The van der Waals surface area contributed by atoms with Crippen LogP contribution in [-0.4, -0.2) is 56.0 Å². The zero-order valence-electron chi connectivity index (χ0n) is 18.1. The Hall–Kier alpha value is -2.08. The van der Waals surface area contributed by atoms with Crippen LogP contribution >= 0.6 is 0 Å². The van der Waals surface area contributed by atoms with Gasteiger partial charge >= 0.3 is 12.1 Å². The summed E-state index contributed by atoms with van der Waals surface area (Å²) < 4.78 is 16.4. The average molecular weight is 394 g/mol. The van der Waals surface area contributed by atoms with Crippen molar-refractivity contribution in [2.75, 3.05) is 33.4 Å². The SMILES string of the molecule is CCOC(=O)C(C)(COCCCCN(C)C(=O)OC(C)(C)C)c1ccccc1. The molecular formula is C22H35NO5. The van der Waals surface area contributed by atoms with E-state index in [1.807, 2.05) is 58.0 Å². The van der Waals surface area contributed by atoms with Crippen LogP contribution in [-0.2, 0) is 24.4 Å².